The summed E-state index contributed by atoms with van der Waals surface area (Å²) in [5.74, 6) is -0.642. The molecule has 1 aromatic heterocycles. The zero-order valence-corrected chi connectivity index (χ0v) is 16.4. The SMILES string of the molecule is CC(C)(C)Cn1nnc2c(Br)c(OC(C(=O)O)c3ccccc3)ccc21. The predicted octanol–water partition coefficient (Wildman–Crippen LogP) is 4.44. The van der Waals surface area contributed by atoms with Crippen molar-refractivity contribution >= 4 is 32.9 Å². The molecule has 6 nitrogen and oxygen atoms in total. The van der Waals surface area contributed by atoms with Crippen LogP contribution in [-0.4, -0.2) is 26.1 Å². The molecule has 1 unspecified atom stereocenters. The highest BCUT2D eigenvalue weighted by Gasteiger charge is 2.24. The van der Waals surface area contributed by atoms with Crippen LogP contribution in [0, 0.1) is 5.41 Å². The van der Waals surface area contributed by atoms with Gasteiger partial charge in [-0.05, 0) is 33.5 Å². The van der Waals surface area contributed by atoms with Gasteiger partial charge in [-0.3, -0.25) is 0 Å². The van der Waals surface area contributed by atoms with Crippen molar-refractivity contribution in [1.82, 2.24) is 15.0 Å². The van der Waals surface area contributed by atoms with E-state index >= 15 is 0 Å². The number of fused-ring (bicyclic) bond motifs is 1. The fourth-order valence-electron chi connectivity index (χ4n) is 2.66. The standard InChI is InChI=1S/C19H20BrN3O3/c1-19(2,3)11-23-13-9-10-14(15(20)16(13)21-22-23)26-17(18(24)25)12-7-5-4-6-8-12/h4-10,17H,11H2,1-3H3,(H,24,25). The van der Waals surface area contributed by atoms with Gasteiger partial charge in [0.1, 0.15) is 11.3 Å². The Morgan fingerprint density at radius 1 is 1.23 bits per heavy atom. The molecule has 0 bridgehead atoms. The molecule has 1 N–H and O–H groups in total. The molecule has 1 heterocycles. The zero-order chi connectivity index (χ0) is 18.9. The zero-order valence-electron chi connectivity index (χ0n) is 14.8. The number of benzene rings is 2. The lowest BCUT2D eigenvalue weighted by molar-refractivity contribution is -0.145. The number of ether oxygens (including phenoxy) is 1. The van der Waals surface area contributed by atoms with Crippen LogP contribution in [0.25, 0.3) is 11.0 Å². The molecule has 0 radical (unpaired) electrons. The molecule has 0 aliphatic heterocycles. The summed E-state index contributed by atoms with van der Waals surface area (Å²) in [5, 5.41) is 18.0. The number of hydrogen-bond acceptors (Lipinski definition) is 4. The number of rotatable bonds is 5. The molecule has 0 amide bonds. The third kappa shape index (κ3) is 3.88. The first-order valence-corrected chi connectivity index (χ1v) is 9.02. The summed E-state index contributed by atoms with van der Waals surface area (Å²) in [6.45, 7) is 7.11. The first-order valence-electron chi connectivity index (χ1n) is 8.22. The summed E-state index contributed by atoms with van der Waals surface area (Å²) in [6, 6.07) is 12.4. The van der Waals surface area contributed by atoms with Crippen LogP contribution in [0.15, 0.2) is 46.9 Å². The molecule has 0 spiro atoms. The van der Waals surface area contributed by atoms with Gasteiger partial charge in [-0.25, -0.2) is 9.48 Å². The maximum Gasteiger partial charge on any atom is 0.349 e. The third-order valence-corrected chi connectivity index (χ3v) is 4.55. The maximum atomic E-state index is 11.7. The van der Waals surface area contributed by atoms with Crippen molar-refractivity contribution in [3.8, 4) is 5.75 Å². The average molecular weight is 418 g/mol. The molecule has 3 rings (SSSR count). The maximum absolute atomic E-state index is 11.7. The Morgan fingerprint density at radius 2 is 1.92 bits per heavy atom. The van der Waals surface area contributed by atoms with Gasteiger partial charge in [0.25, 0.3) is 0 Å². The summed E-state index contributed by atoms with van der Waals surface area (Å²) in [4.78, 5) is 11.7. The van der Waals surface area contributed by atoms with Gasteiger partial charge in [0.15, 0.2) is 0 Å². The van der Waals surface area contributed by atoms with Crippen molar-refractivity contribution in [1.29, 1.82) is 0 Å². The van der Waals surface area contributed by atoms with Crippen molar-refractivity contribution in [2.75, 3.05) is 0 Å². The van der Waals surface area contributed by atoms with Crippen LogP contribution in [0.3, 0.4) is 0 Å². The summed E-state index contributed by atoms with van der Waals surface area (Å²) in [6.07, 6.45) is -1.10. The van der Waals surface area contributed by atoms with E-state index in [4.69, 9.17) is 4.74 Å². The number of carbonyl (C=O) groups is 1. The first kappa shape index (κ1) is 18.4. The van der Waals surface area contributed by atoms with Crippen LogP contribution < -0.4 is 4.74 Å². The van der Waals surface area contributed by atoms with E-state index in [0.717, 1.165) is 12.1 Å². The van der Waals surface area contributed by atoms with Crippen molar-refractivity contribution < 1.29 is 14.6 Å². The van der Waals surface area contributed by atoms with E-state index in [1.807, 2.05) is 16.8 Å². The second kappa shape index (κ2) is 7.07. The molecule has 26 heavy (non-hydrogen) atoms. The highest BCUT2D eigenvalue weighted by atomic mass is 79.9. The average Bonchev–Trinajstić information content (AvgIpc) is 2.96. The lowest BCUT2D eigenvalue weighted by atomic mass is 9.97. The molecule has 0 aliphatic carbocycles. The molecule has 7 heteroatoms. The number of carboxylic acids is 1. The summed E-state index contributed by atoms with van der Waals surface area (Å²) in [5.41, 5.74) is 2.14. The van der Waals surface area contributed by atoms with Gasteiger partial charge in [0.05, 0.1) is 9.99 Å². The molecule has 0 saturated heterocycles. The minimum Gasteiger partial charge on any atom is -0.478 e. The van der Waals surface area contributed by atoms with Crippen LogP contribution in [0.2, 0.25) is 0 Å². The topological polar surface area (TPSA) is 77.2 Å². The van der Waals surface area contributed by atoms with Gasteiger partial charge >= 0.3 is 5.97 Å². The smallest absolute Gasteiger partial charge is 0.349 e. The molecular formula is C19H20BrN3O3. The van der Waals surface area contributed by atoms with E-state index in [-0.39, 0.29) is 5.41 Å². The molecule has 3 aromatic rings. The number of hydrogen-bond donors (Lipinski definition) is 1. The largest absolute Gasteiger partial charge is 0.478 e. The molecular weight excluding hydrogens is 398 g/mol. The third-order valence-electron chi connectivity index (χ3n) is 3.79. The van der Waals surface area contributed by atoms with Gasteiger partial charge in [-0.2, -0.15) is 0 Å². The lowest BCUT2D eigenvalue weighted by Gasteiger charge is -2.18. The second-order valence-corrected chi connectivity index (χ2v) is 8.09. The Labute approximate surface area is 159 Å². The first-order chi connectivity index (χ1) is 12.3. The van der Waals surface area contributed by atoms with Crippen molar-refractivity contribution in [3.05, 3.63) is 52.5 Å². The number of carboxylic acid groups (broad SMARTS) is 1. The quantitative estimate of drug-likeness (QED) is 0.663. The summed E-state index contributed by atoms with van der Waals surface area (Å²) < 4.78 is 8.23. The Balaban J connectivity index is 1.96. The van der Waals surface area contributed by atoms with E-state index in [0.29, 0.717) is 21.3 Å². The highest BCUT2D eigenvalue weighted by molar-refractivity contribution is 9.10. The van der Waals surface area contributed by atoms with Crippen molar-refractivity contribution in [2.45, 2.75) is 33.4 Å². The molecule has 1 atom stereocenters. The number of aromatic nitrogens is 3. The van der Waals surface area contributed by atoms with Gasteiger partial charge < -0.3 is 9.84 Å². The molecule has 0 saturated carbocycles. The van der Waals surface area contributed by atoms with Gasteiger partial charge in [-0.1, -0.05) is 56.3 Å². The Bertz CT molecular complexity index is 932. The minimum absolute atomic E-state index is 0.0595. The molecule has 0 aliphatic rings. The molecule has 136 valence electrons. The molecule has 0 fully saturated rings. The van der Waals surface area contributed by atoms with E-state index in [9.17, 15) is 9.90 Å². The van der Waals surface area contributed by atoms with E-state index in [2.05, 4.69) is 47.0 Å². The number of aliphatic carboxylic acids is 1. The van der Waals surface area contributed by atoms with Crippen LogP contribution in [-0.2, 0) is 11.3 Å². The second-order valence-electron chi connectivity index (χ2n) is 7.30. The fraction of sp³-hybridized carbons (Fsp3) is 0.316. The van der Waals surface area contributed by atoms with Crippen molar-refractivity contribution in [2.24, 2.45) is 5.41 Å². The van der Waals surface area contributed by atoms with Crippen LogP contribution in [0.4, 0.5) is 0 Å². The van der Waals surface area contributed by atoms with Crippen LogP contribution >= 0.6 is 15.9 Å². The van der Waals surface area contributed by atoms with E-state index in [1.165, 1.54) is 0 Å². The van der Waals surface area contributed by atoms with Gasteiger partial charge in [-0.15, -0.1) is 5.10 Å². The summed E-state index contributed by atoms with van der Waals surface area (Å²) in [7, 11) is 0. The van der Waals surface area contributed by atoms with Crippen molar-refractivity contribution in [3.63, 3.8) is 0 Å². The fourth-order valence-corrected chi connectivity index (χ4v) is 3.17. The minimum atomic E-state index is -1.10. The highest BCUT2D eigenvalue weighted by Crippen LogP contribution is 2.35. The Hall–Kier alpha value is -2.41. The monoisotopic (exact) mass is 417 g/mol. The van der Waals surface area contributed by atoms with Crippen LogP contribution in [0.1, 0.15) is 32.4 Å². The molecule has 2 aromatic carbocycles. The summed E-state index contributed by atoms with van der Waals surface area (Å²) >= 11 is 3.49. The van der Waals surface area contributed by atoms with Gasteiger partial charge in [0.2, 0.25) is 6.10 Å². The predicted molar refractivity (Wildman–Crippen MR) is 102 cm³/mol. The Kier molecular flexibility index (Phi) is 5.00. The van der Waals surface area contributed by atoms with Crippen LogP contribution in [0.5, 0.6) is 5.75 Å². The lowest BCUT2D eigenvalue weighted by Crippen LogP contribution is -2.18. The van der Waals surface area contributed by atoms with E-state index < -0.39 is 12.1 Å². The number of nitrogens with zero attached hydrogens (tertiary/aromatic N) is 3. The van der Waals surface area contributed by atoms with Gasteiger partial charge in [0, 0.05) is 12.1 Å². The Morgan fingerprint density at radius 3 is 2.54 bits per heavy atom. The normalized spacial score (nSPS) is 12.9. The van der Waals surface area contributed by atoms with E-state index in [1.54, 1.807) is 30.3 Å². The number of halogens is 1.